The number of ketones is 1. The zero-order valence-electron chi connectivity index (χ0n) is 19.8. The highest BCUT2D eigenvalue weighted by molar-refractivity contribution is 6.04. The third-order valence-electron chi connectivity index (χ3n) is 6.94. The second kappa shape index (κ2) is 9.07. The molecule has 6 rings (SSSR count). The zero-order chi connectivity index (χ0) is 24.6. The maximum atomic E-state index is 13.6. The summed E-state index contributed by atoms with van der Waals surface area (Å²) >= 11 is 0. The first-order chi connectivity index (χ1) is 17.6. The first kappa shape index (κ1) is 22.2. The molecule has 2 aliphatic heterocycles. The molecule has 36 heavy (non-hydrogen) atoms. The number of Topliss-reactive ketones (excluding diaryl/α,β-unsaturated/α-hetero) is 1. The normalized spacial score (nSPS) is 20.8. The second-order valence-corrected chi connectivity index (χ2v) is 9.21. The Balaban J connectivity index is 1.39. The van der Waals surface area contributed by atoms with E-state index in [4.69, 9.17) is 18.6 Å². The van der Waals surface area contributed by atoms with E-state index in [0.717, 1.165) is 22.6 Å². The van der Waals surface area contributed by atoms with Crippen molar-refractivity contribution in [2.75, 3.05) is 6.79 Å². The van der Waals surface area contributed by atoms with E-state index in [-0.39, 0.29) is 25.1 Å². The number of benzene rings is 2. The maximum Gasteiger partial charge on any atom is 0.337 e. The molecule has 0 saturated carbocycles. The molecule has 1 aromatic heterocycles. The van der Waals surface area contributed by atoms with Crippen molar-refractivity contribution < 1.29 is 28.2 Å². The minimum Gasteiger partial charge on any atom is -0.469 e. The molecule has 0 fully saturated rings. The van der Waals surface area contributed by atoms with Gasteiger partial charge in [-0.15, -0.1) is 0 Å². The van der Waals surface area contributed by atoms with Crippen molar-refractivity contribution >= 4 is 11.8 Å². The van der Waals surface area contributed by atoms with Crippen LogP contribution in [-0.4, -0.2) is 18.5 Å². The van der Waals surface area contributed by atoms with E-state index in [0.29, 0.717) is 41.2 Å². The van der Waals surface area contributed by atoms with Gasteiger partial charge in [0.05, 0.1) is 11.8 Å². The largest absolute Gasteiger partial charge is 0.469 e. The Morgan fingerprint density at radius 1 is 1.03 bits per heavy atom. The Labute approximate surface area is 208 Å². The van der Waals surface area contributed by atoms with E-state index >= 15 is 0 Å². The van der Waals surface area contributed by atoms with Crippen LogP contribution in [0.1, 0.15) is 48.5 Å². The third kappa shape index (κ3) is 3.96. The summed E-state index contributed by atoms with van der Waals surface area (Å²) in [6, 6.07) is 18.8. The average Bonchev–Trinajstić information content (AvgIpc) is 3.59. The fraction of sp³-hybridized carbons (Fsp3) is 0.241. The van der Waals surface area contributed by atoms with Crippen molar-refractivity contribution in [3.05, 3.63) is 106 Å². The number of esters is 1. The molecule has 0 spiro atoms. The van der Waals surface area contributed by atoms with Gasteiger partial charge >= 0.3 is 5.97 Å². The fourth-order valence-electron chi connectivity index (χ4n) is 5.26. The number of dihydropyridines is 1. The summed E-state index contributed by atoms with van der Waals surface area (Å²) < 4.78 is 22.4. The van der Waals surface area contributed by atoms with Crippen LogP contribution in [0.3, 0.4) is 0 Å². The summed E-state index contributed by atoms with van der Waals surface area (Å²) in [6.45, 7) is 2.14. The van der Waals surface area contributed by atoms with Gasteiger partial charge in [-0.2, -0.15) is 0 Å². The van der Waals surface area contributed by atoms with Gasteiger partial charge in [-0.05, 0) is 48.7 Å². The predicted molar refractivity (Wildman–Crippen MR) is 130 cm³/mol. The molecule has 2 atom stereocenters. The van der Waals surface area contributed by atoms with E-state index in [1.165, 1.54) is 0 Å². The van der Waals surface area contributed by atoms with Gasteiger partial charge in [-0.25, -0.2) is 4.79 Å². The molecule has 7 heteroatoms. The van der Waals surface area contributed by atoms with Crippen molar-refractivity contribution in [3.8, 4) is 11.5 Å². The molecule has 182 valence electrons. The first-order valence-corrected chi connectivity index (χ1v) is 12.0. The van der Waals surface area contributed by atoms with Gasteiger partial charge in [-0.1, -0.05) is 36.4 Å². The molecule has 1 aliphatic carbocycles. The molecule has 1 N–H and O–H groups in total. The van der Waals surface area contributed by atoms with Crippen molar-refractivity contribution in [1.82, 2.24) is 5.32 Å². The van der Waals surface area contributed by atoms with E-state index in [9.17, 15) is 9.59 Å². The third-order valence-corrected chi connectivity index (χ3v) is 6.94. The number of carbonyl (C=O) groups is 2. The summed E-state index contributed by atoms with van der Waals surface area (Å²) in [5.41, 5.74) is 4.17. The highest BCUT2D eigenvalue weighted by Gasteiger charge is 2.42. The Hall–Kier alpha value is -4.26. The first-order valence-electron chi connectivity index (χ1n) is 12.0. The number of nitrogens with one attached hydrogen (secondary N) is 1. The smallest absolute Gasteiger partial charge is 0.337 e. The van der Waals surface area contributed by atoms with Crippen LogP contribution in [0.4, 0.5) is 0 Å². The highest BCUT2D eigenvalue weighted by atomic mass is 16.7. The molecule has 0 unspecified atom stereocenters. The lowest BCUT2D eigenvalue weighted by molar-refractivity contribution is -0.140. The standard InChI is InChI=1S/C29H25NO6/c1-17-26(29(32)34-15-18-6-3-2-4-7-18)27(19-9-10-24-25(14-19)36-16-35-24)28-21(30-17)12-20(13-22(28)31)23-8-5-11-33-23/h2-11,14,20,27,30H,12-13,15-16H2,1H3/t20-,27+/m0/s1. The molecule has 0 radical (unpaired) electrons. The van der Waals surface area contributed by atoms with E-state index in [1.54, 1.807) is 6.26 Å². The predicted octanol–water partition coefficient (Wildman–Crippen LogP) is 5.11. The van der Waals surface area contributed by atoms with Crippen LogP contribution < -0.4 is 14.8 Å². The molecular formula is C29H25NO6. The molecule has 3 heterocycles. The van der Waals surface area contributed by atoms with Gasteiger partial charge in [-0.3, -0.25) is 4.79 Å². The van der Waals surface area contributed by atoms with E-state index in [2.05, 4.69) is 5.32 Å². The Kier molecular flexibility index (Phi) is 5.60. The highest BCUT2D eigenvalue weighted by Crippen LogP contribution is 2.47. The van der Waals surface area contributed by atoms with Gasteiger partial charge < -0.3 is 23.9 Å². The lowest BCUT2D eigenvalue weighted by atomic mass is 9.72. The number of hydrogen-bond acceptors (Lipinski definition) is 7. The SMILES string of the molecule is CC1=C(C(=O)OCc2ccccc2)[C@@H](c2ccc3c(c2)OCO3)C2=C(C[C@H](c3ccco3)CC2=O)N1. The van der Waals surface area contributed by atoms with Crippen LogP contribution in [0.25, 0.3) is 0 Å². The summed E-state index contributed by atoms with van der Waals surface area (Å²) in [4.78, 5) is 27.1. The lowest BCUT2D eigenvalue weighted by Gasteiger charge is -2.36. The summed E-state index contributed by atoms with van der Waals surface area (Å²) in [7, 11) is 0. The fourth-order valence-corrected chi connectivity index (χ4v) is 5.26. The van der Waals surface area contributed by atoms with Crippen LogP contribution >= 0.6 is 0 Å². The number of hydrogen-bond donors (Lipinski definition) is 1. The lowest BCUT2D eigenvalue weighted by Crippen LogP contribution is -2.36. The van der Waals surface area contributed by atoms with Crippen molar-refractivity contribution in [1.29, 1.82) is 0 Å². The second-order valence-electron chi connectivity index (χ2n) is 9.21. The van der Waals surface area contributed by atoms with Crippen LogP contribution in [0.15, 0.2) is 93.9 Å². The molecule has 3 aliphatic rings. The molecule has 3 aromatic rings. The van der Waals surface area contributed by atoms with Crippen LogP contribution in [0, 0.1) is 0 Å². The molecule has 2 aromatic carbocycles. The number of furan rings is 1. The summed E-state index contributed by atoms with van der Waals surface area (Å²) in [5.74, 6) is 0.904. The van der Waals surface area contributed by atoms with Crippen molar-refractivity contribution in [3.63, 3.8) is 0 Å². The number of rotatable bonds is 5. The van der Waals surface area contributed by atoms with Gasteiger partial charge in [0.1, 0.15) is 12.4 Å². The molecule has 0 saturated heterocycles. The van der Waals surface area contributed by atoms with Crippen LogP contribution in [-0.2, 0) is 20.9 Å². The van der Waals surface area contributed by atoms with Crippen LogP contribution in [0.2, 0.25) is 0 Å². The van der Waals surface area contributed by atoms with Gasteiger partial charge in [0.2, 0.25) is 6.79 Å². The van der Waals surface area contributed by atoms with Crippen LogP contribution in [0.5, 0.6) is 11.5 Å². The minimum absolute atomic E-state index is 0.0197. The number of carbonyl (C=O) groups excluding carboxylic acids is 2. The Bertz CT molecular complexity index is 1390. The van der Waals surface area contributed by atoms with Gasteiger partial charge in [0.15, 0.2) is 17.3 Å². The minimum atomic E-state index is -0.580. The number of ether oxygens (including phenoxy) is 3. The molecule has 7 nitrogen and oxygen atoms in total. The number of fused-ring (bicyclic) bond motifs is 1. The summed E-state index contributed by atoms with van der Waals surface area (Å²) in [6.07, 6.45) is 2.54. The topological polar surface area (TPSA) is 87.0 Å². The average molecular weight is 484 g/mol. The molecular weight excluding hydrogens is 458 g/mol. The number of allylic oxidation sites excluding steroid dienone is 3. The molecule has 0 amide bonds. The van der Waals surface area contributed by atoms with Gasteiger partial charge in [0.25, 0.3) is 0 Å². The van der Waals surface area contributed by atoms with Crippen molar-refractivity contribution in [2.45, 2.75) is 38.2 Å². The van der Waals surface area contributed by atoms with E-state index in [1.807, 2.05) is 67.6 Å². The zero-order valence-corrected chi connectivity index (χ0v) is 19.8. The maximum absolute atomic E-state index is 13.6. The van der Waals surface area contributed by atoms with E-state index < -0.39 is 11.9 Å². The van der Waals surface area contributed by atoms with Gasteiger partial charge in [0, 0.05) is 35.2 Å². The monoisotopic (exact) mass is 483 g/mol. The molecule has 0 bridgehead atoms. The summed E-state index contributed by atoms with van der Waals surface area (Å²) in [5, 5.41) is 3.36. The quantitative estimate of drug-likeness (QED) is 0.505. The Morgan fingerprint density at radius 2 is 1.86 bits per heavy atom. The van der Waals surface area contributed by atoms with Crippen molar-refractivity contribution in [2.24, 2.45) is 0 Å². The Morgan fingerprint density at radius 3 is 2.67 bits per heavy atom.